The fraction of sp³-hybridized carbons (Fsp3) is 0.0909. The maximum Gasteiger partial charge on any atom is 0.323 e. The summed E-state index contributed by atoms with van der Waals surface area (Å²) in [6.45, 7) is -0.0187. The predicted molar refractivity (Wildman–Crippen MR) is 110 cm³/mol. The molecule has 1 aromatic carbocycles. The van der Waals surface area contributed by atoms with Crippen LogP contribution in [-0.4, -0.2) is 30.8 Å². The Labute approximate surface area is 171 Å². The van der Waals surface area contributed by atoms with Crippen LogP contribution in [0.3, 0.4) is 0 Å². The number of rotatable bonds is 7. The summed E-state index contributed by atoms with van der Waals surface area (Å²) < 4.78 is 6.97. The van der Waals surface area contributed by atoms with Crippen LogP contribution in [0.1, 0.15) is 5.56 Å². The quantitative estimate of drug-likeness (QED) is 0.492. The average Bonchev–Trinajstić information content (AvgIpc) is 3.29. The number of H-pyrrole nitrogens is 1. The molecule has 0 radical (unpaired) electrons. The number of aromatic amines is 1. The molecule has 150 valence electrons. The van der Waals surface area contributed by atoms with Gasteiger partial charge in [-0.3, -0.25) is 19.7 Å². The Kier molecular flexibility index (Phi) is 5.38. The molecular formula is C22H18N4O4. The molecule has 8 nitrogen and oxygen atoms in total. The predicted octanol–water partition coefficient (Wildman–Crippen LogP) is 2.96. The molecule has 8 heteroatoms. The third-order valence-electron chi connectivity index (χ3n) is 4.48. The molecule has 4 rings (SSSR count). The molecule has 0 spiro atoms. The molecule has 0 bridgehead atoms. The minimum absolute atomic E-state index is 0.342. The summed E-state index contributed by atoms with van der Waals surface area (Å²) in [5, 5.41) is 15.6. The number of carboxylic acid groups (broad SMARTS) is 1. The van der Waals surface area contributed by atoms with Crippen molar-refractivity contribution in [2.75, 3.05) is 0 Å². The van der Waals surface area contributed by atoms with Crippen LogP contribution < -0.4 is 10.3 Å². The highest BCUT2D eigenvalue weighted by Gasteiger charge is 2.06. The second kappa shape index (κ2) is 8.44. The number of carboxylic acids is 1. The zero-order valence-corrected chi connectivity index (χ0v) is 15.9. The van der Waals surface area contributed by atoms with Gasteiger partial charge in [-0.25, -0.2) is 0 Å². The highest BCUT2D eigenvalue weighted by atomic mass is 16.5. The van der Waals surface area contributed by atoms with Gasteiger partial charge in [-0.1, -0.05) is 18.2 Å². The van der Waals surface area contributed by atoms with Crippen molar-refractivity contribution in [2.24, 2.45) is 0 Å². The van der Waals surface area contributed by atoms with E-state index in [0.29, 0.717) is 17.9 Å². The summed E-state index contributed by atoms with van der Waals surface area (Å²) in [7, 11) is 0. The second-order valence-electron chi connectivity index (χ2n) is 6.61. The molecule has 2 N–H and O–H groups in total. The first-order valence-corrected chi connectivity index (χ1v) is 9.19. The molecule has 0 atom stereocenters. The number of nitrogens with one attached hydrogen (secondary N) is 1. The largest absolute Gasteiger partial charge is 0.487 e. The number of aliphatic carboxylic acids is 1. The van der Waals surface area contributed by atoms with Gasteiger partial charge in [-0.05, 0) is 47.0 Å². The van der Waals surface area contributed by atoms with Gasteiger partial charge < -0.3 is 14.4 Å². The molecule has 4 aromatic rings. The number of aromatic nitrogens is 4. The van der Waals surface area contributed by atoms with Gasteiger partial charge in [0.15, 0.2) is 0 Å². The Morgan fingerprint density at radius 2 is 1.97 bits per heavy atom. The Morgan fingerprint density at radius 3 is 2.67 bits per heavy atom. The van der Waals surface area contributed by atoms with Crippen molar-refractivity contribution >= 4 is 5.97 Å². The summed E-state index contributed by atoms with van der Waals surface area (Å²) in [6.07, 6.45) is 4.81. The van der Waals surface area contributed by atoms with Crippen molar-refractivity contribution in [2.45, 2.75) is 13.2 Å². The number of hydrogen-bond donors (Lipinski definition) is 2. The summed E-state index contributed by atoms with van der Waals surface area (Å²) in [5.74, 6) is -0.420. The molecule has 3 heterocycles. The molecule has 0 saturated carbocycles. The molecule has 0 saturated heterocycles. The number of nitrogens with zero attached hydrogens (tertiary/aromatic N) is 3. The molecule has 0 aliphatic carbocycles. The van der Waals surface area contributed by atoms with Crippen molar-refractivity contribution in [1.29, 1.82) is 0 Å². The van der Waals surface area contributed by atoms with Crippen LogP contribution >= 0.6 is 0 Å². The molecular weight excluding hydrogens is 384 g/mol. The Hall–Kier alpha value is -4.20. The van der Waals surface area contributed by atoms with Gasteiger partial charge in [0, 0.05) is 18.5 Å². The van der Waals surface area contributed by atoms with Gasteiger partial charge in [0.1, 0.15) is 18.9 Å². The normalized spacial score (nSPS) is 10.7. The fourth-order valence-corrected chi connectivity index (χ4v) is 2.99. The van der Waals surface area contributed by atoms with Crippen molar-refractivity contribution in [3.05, 3.63) is 89.1 Å². The van der Waals surface area contributed by atoms with Gasteiger partial charge in [-0.2, -0.15) is 5.10 Å². The van der Waals surface area contributed by atoms with Crippen LogP contribution in [0.25, 0.3) is 22.5 Å². The van der Waals surface area contributed by atoms with Crippen LogP contribution in [-0.2, 0) is 17.9 Å². The molecule has 0 amide bonds. The number of ether oxygens (including phenoxy) is 1. The van der Waals surface area contributed by atoms with Crippen molar-refractivity contribution in [3.8, 4) is 28.3 Å². The topological polar surface area (TPSA) is 110 Å². The van der Waals surface area contributed by atoms with E-state index in [1.807, 2.05) is 42.5 Å². The Bertz CT molecular complexity index is 1210. The monoisotopic (exact) mass is 402 g/mol. The number of carbonyl (C=O) groups is 1. The molecule has 0 aliphatic rings. The summed E-state index contributed by atoms with van der Waals surface area (Å²) >= 11 is 0. The van der Waals surface area contributed by atoms with E-state index in [4.69, 9.17) is 9.84 Å². The maximum atomic E-state index is 12.1. The van der Waals surface area contributed by atoms with Crippen molar-refractivity contribution < 1.29 is 14.6 Å². The highest BCUT2D eigenvalue weighted by molar-refractivity contribution is 5.67. The lowest BCUT2D eigenvalue weighted by Gasteiger charge is -2.09. The molecule has 0 fully saturated rings. The number of benzene rings is 1. The number of pyridine rings is 2. The van der Waals surface area contributed by atoms with Crippen LogP contribution in [0, 0.1) is 0 Å². The highest BCUT2D eigenvalue weighted by Crippen LogP contribution is 2.21. The first-order chi connectivity index (χ1) is 14.6. The average molecular weight is 402 g/mol. The fourth-order valence-electron chi connectivity index (χ4n) is 2.99. The molecule has 0 aliphatic heterocycles. The van der Waals surface area contributed by atoms with E-state index < -0.39 is 5.97 Å². The van der Waals surface area contributed by atoms with Gasteiger partial charge in [0.2, 0.25) is 0 Å². The van der Waals surface area contributed by atoms with Crippen LogP contribution in [0.2, 0.25) is 0 Å². The van der Waals surface area contributed by atoms with E-state index >= 15 is 0 Å². The standard InChI is InChI=1S/C22H18N4O4/c27-21-11-17(7-9-26(21)13-22(28)29)16-3-1-2-15(10-16)14-30-18-4-5-19(23-12-18)20-6-8-24-25-20/h1-12H,13-14H2,(H,24,25)(H,28,29). The lowest BCUT2D eigenvalue weighted by Crippen LogP contribution is -2.22. The maximum absolute atomic E-state index is 12.1. The molecule has 0 unspecified atom stereocenters. The third kappa shape index (κ3) is 4.44. The summed E-state index contributed by atoms with van der Waals surface area (Å²) in [6, 6.07) is 16.3. The SMILES string of the molecule is O=C(O)Cn1ccc(-c2cccc(COc3ccc(-c4ccn[nH]4)nc3)c2)cc1=O. The van der Waals surface area contributed by atoms with Crippen LogP contribution in [0.15, 0.2) is 78.0 Å². The number of hydrogen-bond acceptors (Lipinski definition) is 5. The lowest BCUT2D eigenvalue weighted by atomic mass is 10.0. The smallest absolute Gasteiger partial charge is 0.323 e. The van der Waals surface area contributed by atoms with Crippen LogP contribution in [0.4, 0.5) is 0 Å². The van der Waals surface area contributed by atoms with Gasteiger partial charge in [-0.15, -0.1) is 0 Å². The minimum Gasteiger partial charge on any atom is -0.487 e. The zero-order valence-electron chi connectivity index (χ0n) is 15.9. The third-order valence-corrected chi connectivity index (χ3v) is 4.48. The summed E-state index contributed by atoms with van der Waals surface area (Å²) in [5.41, 5.74) is 3.75. The lowest BCUT2D eigenvalue weighted by molar-refractivity contribution is -0.137. The Balaban J connectivity index is 1.45. The van der Waals surface area contributed by atoms with Crippen molar-refractivity contribution in [3.63, 3.8) is 0 Å². The van der Waals surface area contributed by atoms with E-state index in [9.17, 15) is 9.59 Å². The van der Waals surface area contributed by atoms with Crippen molar-refractivity contribution in [1.82, 2.24) is 19.7 Å². The van der Waals surface area contributed by atoms with E-state index in [-0.39, 0.29) is 12.1 Å². The van der Waals surface area contributed by atoms with E-state index in [1.165, 1.54) is 12.3 Å². The van der Waals surface area contributed by atoms with Gasteiger partial charge in [0.25, 0.3) is 5.56 Å². The van der Waals surface area contributed by atoms with E-state index in [2.05, 4.69) is 15.2 Å². The zero-order chi connectivity index (χ0) is 20.9. The van der Waals surface area contributed by atoms with Crippen LogP contribution in [0.5, 0.6) is 5.75 Å². The van der Waals surface area contributed by atoms with E-state index in [0.717, 1.165) is 27.1 Å². The minimum atomic E-state index is -1.06. The Morgan fingerprint density at radius 1 is 1.10 bits per heavy atom. The van der Waals surface area contributed by atoms with Gasteiger partial charge in [0.05, 0.1) is 17.6 Å². The van der Waals surface area contributed by atoms with E-state index in [1.54, 1.807) is 18.5 Å². The van der Waals surface area contributed by atoms with Gasteiger partial charge >= 0.3 is 5.97 Å². The molecule has 30 heavy (non-hydrogen) atoms. The second-order valence-corrected chi connectivity index (χ2v) is 6.61. The first kappa shape index (κ1) is 19.1. The molecule has 3 aromatic heterocycles. The summed E-state index contributed by atoms with van der Waals surface area (Å²) in [4.78, 5) is 27.3. The first-order valence-electron chi connectivity index (χ1n) is 9.19.